The molecule has 2 atom stereocenters. The third-order valence-electron chi connectivity index (χ3n) is 4.28. The lowest BCUT2D eigenvalue weighted by atomic mass is 9.90. The second kappa shape index (κ2) is 6.03. The zero-order valence-corrected chi connectivity index (χ0v) is 11.4. The molecule has 0 amide bonds. The zero-order chi connectivity index (χ0) is 13.9. The highest BCUT2D eigenvalue weighted by Gasteiger charge is 2.30. The summed E-state index contributed by atoms with van der Waals surface area (Å²) in [5.74, 6) is 0. The van der Waals surface area contributed by atoms with Gasteiger partial charge in [0.2, 0.25) is 0 Å². The van der Waals surface area contributed by atoms with E-state index in [9.17, 15) is 9.90 Å². The van der Waals surface area contributed by atoms with Crippen LogP contribution in [0.5, 0.6) is 0 Å². The van der Waals surface area contributed by atoms with Gasteiger partial charge in [0.15, 0.2) is 0 Å². The number of hydrogen-bond acceptors (Lipinski definition) is 5. The molecule has 2 fully saturated rings. The van der Waals surface area contributed by atoms with Crippen molar-refractivity contribution in [3.8, 4) is 0 Å². The number of hydrogen-bond donors (Lipinski definition) is 2. The van der Waals surface area contributed by atoms with E-state index in [0.29, 0.717) is 19.3 Å². The monoisotopic (exact) mass is 279 g/mol. The summed E-state index contributed by atoms with van der Waals surface area (Å²) in [7, 11) is 0. The van der Waals surface area contributed by atoms with Crippen molar-refractivity contribution >= 4 is 0 Å². The van der Waals surface area contributed by atoms with E-state index < -0.39 is 6.10 Å². The van der Waals surface area contributed by atoms with Crippen molar-refractivity contribution in [1.29, 1.82) is 0 Å². The van der Waals surface area contributed by atoms with Gasteiger partial charge in [0.25, 0.3) is 5.56 Å². The summed E-state index contributed by atoms with van der Waals surface area (Å²) < 4.78 is 6.85. The SMILES string of the molecule is O=c1cccnn1C1CCC(NC2COCC2O)CC1. The number of aliphatic hydroxyl groups is 1. The molecular formula is C14H21N3O3. The number of aromatic nitrogens is 2. The minimum absolute atomic E-state index is 0.0245. The summed E-state index contributed by atoms with van der Waals surface area (Å²) >= 11 is 0. The Bertz CT molecular complexity index is 496. The summed E-state index contributed by atoms with van der Waals surface area (Å²) in [6.07, 6.45) is 5.15. The molecule has 6 heteroatoms. The maximum atomic E-state index is 11.8. The van der Waals surface area contributed by atoms with E-state index >= 15 is 0 Å². The third-order valence-corrected chi connectivity index (χ3v) is 4.28. The highest BCUT2D eigenvalue weighted by molar-refractivity contribution is 4.90. The molecule has 20 heavy (non-hydrogen) atoms. The molecule has 6 nitrogen and oxygen atoms in total. The molecule has 1 aliphatic heterocycles. The van der Waals surface area contributed by atoms with Crippen LogP contribution in [-0.4, -0.2) is 46.3 Å². The van der Waals surface area contributed by atoms with Crippen LogP contribution in [-0.2, 0) is 4.74 Å². The number of nitrogens with one attached hydrogen (secondary N) is 1. The molecule has 2 N–H and O–H groups in total. The molecule has 2 unspecified atom stereocenters. The van der Waals surface area contributed by atoms with Gasteiger partial charge in [-0.05, 0) is 31.7 Å². The lowest BCUT2D eigenvalue weighted by Gasteiger charge is -2.31. The minimum Gasteiger partial charge on any atom is -0.389 e. The second-order valence-electron chi connectivity index (χ2n) is 5.69. The molecule has 110 valence electrons. The molecular weight excluding hydrogens is 258 g/mol. The highest BCUT2D eigenvalue weighted by atomic mass is 16.5. The molecule has 1 saturated heterocycles. The van der Waals surface area contributed by atoms with Gasteiger partial charge >= 0.3 is 0 Å². The quantitative estimate of drug-likeness (QED) is 0.819. The molecule has 2 heterocycles. The van der Waals surface area contributed by atoms with Crippen molar-refractivity contribution in [1.82, 2.24) is 15.1 Å². The number of aliphatic hydroxyl groups excluding tert-OH is 1. The standard InChI is InChI=1S/C14H21N3O3/c18-13-9-20-8-12(13)16-10-3-5-11(6-4-10)17-14(19)2-1-7-15-17/h1-2,7,10-13,16,18H,3-6,8-9H2. The van der Waals surface area contributed by atoms with E-state index in [1.807, 2.05) is 0 Å². The van der Waals surface area contributed by atoms with Crippen LogP contribution in [0.1, 0.15) is 31.7 Å². The Labute approximate surface area is 117 Å². The number of ether oxygens (including phenoxy) is 1. The van der Waals surface area contributed by atoms with Crippen LogP contribution in [0.4, 0.5) is 0 Å². The largest absolute Gasteiger partial charge is 0.389 e. The van der Waals surface area contributed by atoms with E-state index in [4.69, 9.17) is 4.74 Å². The van der Waals surface area contributed by atoms with E-state index in [1.165, 1.54) is 0 Å². The predicted octanol–water partition coefficient (Wildman–Crippen LogP) is 0.0763. The van der Waals surface area contributed by atoms with Gasteiger partial charge in [-0.1, -0.05) is 0 Å². The van der Waals surface area contributed by atoms with E-state index in [1.54, 1.807) is 23.0 Å². The van der Waals surface area contributed by atoms with Gasteiger partial charge in [-0.25, -0.2) is 4.68 Å². The minimum atomic E-state index is -0.397. The fourth-order valence-corrected chi connectivity index (χ4v) is 3.14. The molecule has 0 radical (unpaired) electrons. The Balaban J connectivity index is 1.54. The van der Waals surface area contributed by atoms with Crippen LogP contribution in [0.15, 0.2) is 23.1 Å². The van der Waals surface area contributed by atoms with Crippen LogP contribution in [0.25, 0.3) is 0 Å². The molecule has 1 aliphatic carbocycles. The fourth-order valence-electron chi connectivity index (χ4n) is 3.14. The Morgan fingerprint density at radius 3 is 2.75 bits per heavy atom. The molecule has 1 aromatic rings. The summed E-state index contributed by atoms with van der Waals surface area (Å²) in [6, 6.07) is 3.88. The van der Waals surface area contributed by atoms with E-state index in [0.717, 1.165) is 25.7 Å². The first kappa shape index (κ1) is 13.7. The maximum absolute atomic E-state index is 11.8. The first-order valence-electron chi connectivity index (χ1n) is 7.30. The first-order valence-corrected chi connectivity index (χ1v) is 7.30. The molecule has 3 rings (SSSR count). The van der Waals surface area contributed by atoms with Gasteiger partial charge in [-0.2, -0.15) is 5.10 Å². The summed E-state index contributed by atoms with van der Waals surface area (Å²) in [5, 5.41) is 17.4. The van der Waals surface area contributed by atoms with Gasteiger partial charge in [0.1, 0.15) is 0 Å². The Morgan fingerprint density at radius 2 is 2.10 bits per heavy atom. The Hall–Kier alpha value is -1.24. The van der Waals surface area contributed by atoms with Gasteiger partial charge in [-0.3, -0.25) is 4.79 Å². The van der Waals surface area contributed by atoms with Crippen molar-refractivity contribution in [3.05, 3.63) is 28.7 Å². The Morgan fingerprint density at radius 1 is 1.30 bits per heavy atom. The average Bonchev–Trinajstić information content (AvgIpc) is 2.86. The van der Waals surface area contributed by atoms with E-state index in [2.05, 4.69) is 10.4 Å². The van der Waals surface area contributed by atoms with Gasteiger partial charge < -0.3 is 15.2 Å². The van der Waals surface area contributed by atoms with Crippen molar-refractivity contribution in [2.24, 2.45) is 0 Å². The van der Waals surface area contributed by atoms with Crippen LogP contribution in [0.3, 0.4) is 0 Å². The van der Waals surface area contributed by atoms with Crippen LogP contribution < -0.4 is 10.9 Å². The zero-order valence-electron chi connectivity index (χ0n) is 11.4. The highest BCUT2D eigenvalue weighted by Crippen LogP contribution is 2.27. The third kappa shape index (κ3) is 2.92. The number of rotatable bonds is 3. The molecule has 2 aliphatic rings. The second-order valence-corrected chi connectivity index (χ2v) is 5.69. The van der Waals surface area contributed by atoms with Crippen molar-refractivity contribution in [2.45, 2.75) is 49.9 Å². The van der Waals surface area contributed by atoms with E-state index in [-0.39, 0.29) is 17.6 Å². The normalized spacial score (nSPS) is 34.2. The maximum Gasteiger partial charge on any atom is 0.266 e. The lowest BCUT2D eigenvalue weighted by molar-refractivity contribution is 0.119. The molecule has 0 aromatic carbocycles. The lowest BCUT2D eigenvalue weighted by Crippen LogP contribution is -2.46. The Kier molecular flexibility index (Phi) is 4.14. The predicted molar refractivity (Wildman–Crippen MR) is 73.5 cm³/mol. The van der Waals surface area contributed by atoms with Crippen molar-refractivity contribution < 1.29 is 9.84 Å². The van der Waals surface area contributed by atoms with Gasteiger partial charge in [-0.15, -0.1) is 0 Å². The topological polar surface area (TPSA) is 76.4 Å². The number of nitrogens with zero attached hydrogens (tertiary/aromatic N) is 2. The summed E-state index contributed by atoms with van der Waals surface area (Å²) in [4.78, 5) is 11.8. The van der Waals surface area contributed by atoms with Crippen molar-refractivity contribution in [3.63, 3.8) is 0 Å². The summed E-state index contributed by atoms with van der Waals surface area (Å²) in [6.45, 7) is 1.01. The summed E-state index contributed by atoms with van der Waals surface area (Å²) in [5.41, 5.74) is -0.0245. The smallest absolute Gasteiger partial charge is 0.266 e. The molecule has 1 aromatic heterocycles. The molecule has 1 saturated carbocycles. The van der Waals surface area contributed by atoms with Gasteiger partial charge in [0.05, 0.1) is 31.4 Å². The molecule has 0 bridgehead atoms. The van der Waals surface area contributed by atoms with Crippen LogP contribution >= 0.6 is 0 Å². The van der Waals surface area contributed by atoms with Crippen molar-refractivity contribution in [2.75, 3.05) is 13.2 Å². The fraction of sp³-hybridized carbons (Fsp3) is 0.714. The van der Waals surface area contributed by atoms with Gasteiger partial charge in [0, 0.05) is 18.3 Å². The van der Waals surface area contributed by atoms with Crippen LogP contribution in [0.2, 0.25) is 0 Å². The first-order chi connectivity index (χ1) is 9.74. The average molecular weight is 279 g/mol. The molecule has 0 spiro atoms. The van der Waals surface area contributed by atoms with Crippen LogP contribution in [0, 0.1) is 0 Å².